The van der Waals surface area contributed by atoms with Crippen LogP contribution in [0.3, 0.4) is 0 Å². The summed E-state index contributed by atoms with van der Waals surface area (Å²) in [6.45, 7) is 0.973. The summed E-state index contributed by atoms with van der Waals surface area (Å²) in [5.41, 5.74) is 6.55. The first-order valence-electron chi connectivity index (χ1n) is 8.02. The highest BCUT2D eigenvalue weighted by Crippen LogP contribution is 2.35. The first-order valence-corrected chi connectivity index (χ1v) is 8.02. The van der Waals surface area contributed by atoms with Crippen LogP contribution < -0.4 is 0 Å². The largest absolute Gasteiger partial charge is 0.305 e. The van der Waals surface area contributed by atoms with Crippen LogP contribution in [0.5, 0.6) is 0 Å². The van der Waals surface area contributed by atoms with Crippen molar-refractivity contribution < 1.29 is 4.58 Å². The van der Waals surface area contributed by atoms with Gasteiger partial charge >= 0.3 is 0 Å². The number of nitrogens with zero attached hydrogens (tertiary/aromatic N) is 2. The Morgan fingerprint density at radius 2 is 1.57 bits per heavy atom. The van der Waals surface area contributed by atoms with E-state index >= 15 is 0 Å². The molecule has 0 saturated carbocycles. The predicted molar refractivity (Wildman–Crippen MR) is 96.8 cm³/mol. The molecule has 114 valence electrons. The zero-order valence-corrected chi connectivity index (χ0v) is 13.9. The lowest BCUT2D eigenvalue weighted by Gasteiger charge is -2.09. The van der Waals surface area contributed by atoms with Crippen LogP contribution in [0.4, 0.5) is 5.69 Å². The van der Waals surface area contributed by atoms with E-state index in [0.29, 0.717) is 0 Å². The van der Waals surface area contributed by atoms with Gasteiger partial charge < -0.3 is 4.90 Å². The lowest BCUT2D eigenvalue weighted by atomic mass is 9.98. The molecule has 0 radical (unpaired) electrons. The van der Waals surface area contributed by atoms with Crippen molar-refractivity contribution in [3.8, 4) is 0 Å². The minimum Gasteiger partial charge on any atom is -0.305 e. The maximum atomic E-state index is 2.32. The van der Waals surface area contributed by atoms with Crippen molar-refractivity contribution in [2.75, 3.05) is 21.1 Å². The van der Waals surface area contributed by atoms with E-state index in [-0.39, 0.29) is 0 Å². The predicted octanol–water partition coefficient (Wildman–Crippen LogP) is 4.03. The average molecular weight is 301 g/mol. The molecule has 1 aliphatic rings. The lowest BCUT2D eigenvalue weighted by Crippen LogP contribution is -2.13. The molecule has 0 aliphatic carbocycles. The minimum atomic E-state index is 0.973. The van der Waals surface area contributed by atoms with Crippen LogP contribution >= 0.6 is 0 Å². The van der Waals surface area contributed by atoms with E-state index in [2.05, 4.69) is 91.3 Å². The number of rotatable bonds is 3. The molecule has 0 amide bonds. The van der Waals surface area contributed by atoms with E-state index in [1.54, 1.807) is 0 Å². The summed E-state index contributed by atoms with van der Waals surface area (Å²) in [6.07, 6.45) is 0. The number of hydrogen-bond donors (Lipinski definition) is 0. The molecule has 1 aliphatic heterocycles. The molecule has 23 heavy (non-hydrogen) atoms. The first kappa shape index (κ1) is 14.2. The van der Waals surface area contributed by atoms with Crippen molar-refractivity contribution >= 4 is 22.2 Å². The summed E-state index contributed by atoms with van der Waals surface area (Å²) >= 11 is 0. The van der Waals surface area contributed by atoms with Gasteiger partial charge in [-0.3, -0.25) is 0 Å². The van der Waals surface area contributed by atoms with Crippen LogP contribution in [0.1, 0.15) is 16.7 Å². The van der Waals surface area contributed by atoms with Crippen molar-refractivity contribution in [3.63, 3.8) is 0 Å². The smallest absolute Gasteiger partial charge is 0.220 e. The molecule has 0 atom stereocenters. The van der Waals surface area contributed by atoms with Crippen molar-refractivity contribution in [1.82, 2.24) is 4.90 Å². The Morgan fingerprint density at radius 3 is 2.26 bits per heavy atom. The highest BCUT2D eigenvalue weighted by atomic mass is 15.0. The van der Waals surface area contributed by atoms with Crippen LogP contribution in [-0.2, 0) is 6.54 Å². The maximum Gasteiger partial charge on any atom is 0.220 e. The molecule has 4 rings (SSSR count). The Bertz CT molecular complexity index is 913. The molecule has 0 N–H and O–H groups in total. The summed E-state index contributed by atoms with van der Waals surface area (Å²) in [4.78, 5) is 2.19. The fourth-order valence-corrected chi connectivity index (χ4v) is 3.58. The lowest BCUT2D eigenvalue weighted by molar-refractivity contribution is -0.399. The summed E-state index contributed by atoms with van der Waals surface area (Å²) in [6, 6.07) is 22.1. The Balaban J connectivity index is 1.84. The first-order chi connectivity index (χ1) is 11.1. The van der Waals surface area contributed by atoms with Gasteiger partial charge in [-0.2, -0.15) is 4.58 Å². The normalized spacial score (nSPS) is 13.4. The van der Waals surface area contributed by atoms with Gasteiger partial charge in [0, 0.05) is 18.2 Å². The molecular weight excluding hydrogens is 280 g/mol. The van der Waals surface area contributed by atoms with Gasteiger partial charge in [-0.25, -0.2) is 0 Å². The zero-order chi connectivity index (χ0) is 16.0. The Kier molecular flexibility index (Phi) is 3.28. The molecule has 0 spiro atoms. The van der Waals surface area contributed by atoms with Crippen LogP contribution in [0, 0.1) is 0 Å². The fraction of sp³-hybridized carbons (Fsp3) is 0.190. The van der Waals surface area contributed by atoms with Crippen LogP contribution in [0.2, 0.25) is 0 Å². The van der Waals surface area contributed by atoms with E-state index < -0.39 is 0 Å². The molecule has 0 fully saturated rings. The molecule has 1 heterocycles. The second-order valence-corrected chi connectivity index (χ2v) is 6.52. The van der Waals surface area contributed by atoms with E-state index in [9.17, 15) is 0 Å². The quantitative estimate of drug-likeness (QED) is 0.662. The van der Waals surface area contributed by atoms with Gasteiger partial charge in [0.2, 0.25) is 11.4 Å². The Labute approximate surface area is 137 Å². The molecule has 2 nitrogen and oxygen atoms in total. The summed E-state index contributed by atoms with van der Waals surface area (Å²) < 4.78 is 2.32. The van der Waals surface area contributed by atoms with Gasteiger partial charge in [-0.1, -0.05) is 36.4 Å². The molecule has 0 bridgehead atoms. The van der Waals surface area contributed by atoms with Gasteiger partial charge in [0.25, 0.3) is 0 Å². The second-order valence-electron chi connectivity index (χ2n) is 6.52. The van der Waals surface area contributed by atoms with Crippen molar-refractivity contribution in [2.24, 2.45) is 0 Å². The summed E-state index contributed by atoms with van der Waals surface area (Å²) in [5, 5.41) is 2.68. The standard InChI is InChI=1S/C21H21N2/c1-22(2)14-15-10-12-17(13-11-15)21-18-8-4-6-16-7-5-9-19(20(16)18)23(21)3/h4-13H,14H2,1-3H3/q+1. The van der Waals surface area contributed by atoms with Crippen LogP contribution in [0.15, 0.2) is 60.7 Å². The highest BCUT2D eigenvalue weighted by Gasteiger charge is 2.30. The van der Waals surface area contributed by atoms with Gasteiger partial charge in [0.05, 0.1) is 10.9 Å². The van der Waals surface area contributed by atoms with Crippen LogP contribution in [0.25, 0.3) is 10.8 Å². The monoisotopic (exact) mass is 301 g/mol. The number of benzene rings is 3. The topological polar surface area (TPSA) is 6.25 Å². The molecule has 0 unspecified atom stereocenters. The third-order valence-corrected chi connectivity index (χ3v) is 4.56. The van der Waals surface area contributed by atoms with Crippen LogP contribution in [-0.4, -0.2) is 36.3 Å². The maximum absolute atomic E-state index is 2.32. The van der Waals surface area contributed by atoms with Gasteiger partial charge in [-0.05, 0) is 43.2 Å². The Morgan fingerprint density at radius 1 is 0.870 bits per heavy atom. The third kappa shape index (κ3) is 2.27. The van der Waals surface area contributed by atoms with E-state index in [1.807, 2.05) is 0 Å². The SMILES string of the molecule is CN(C)Cc1ccc(C2=[N+](C)c3cccc4cccc2c34)cc1. The molecule has 2 heteroatoms. The second kappa shape index (κ2) is 5.32. The van der Waals surface area contributed by atoms with Gasteiger partial charge in [0.1, 0.15) is 7.05 Å². The fourth-order valence-electron chi connectivity index (χ4n) is 3.58. The van der Waals surface area contributed by atoms with E-state index in [1.165, 1.54) is 38.9 Å². The summed E-state index contributed by atoms with van der Waals surface area (Å²) in [5.74, 6) is 0. The van der Waals surface area contributed by atoms with Gasteiger partial charge in [0.15, 0.2) is 0 Å². The number of hydrogen-bond acceptors (Lipinski definition) is 1. The zero-order valence-electron chi connectivity index (χ0n) is 13.9. The molecule has 0 saturated heterocycles. The molecule has 3 aromatic carbocycles. The molecule has 0 aromatic heterocycles. The van der Waals surface area contributed by atoms with E-state index in [4.69, 9.17) is 0 Å². The minimum absolute atomic E-state index is 0.973. The molecular formula is C21H21N2+. The average Bonchev–Trinajstić information content (AvgIpc) is 2.83. The van der Waals surface area contributed by atoms with Crippen molar-refractivity contribution in [3.05, 3.63) is 77.4 Å². The third-order valence-electron chi connectivity index (χ3n) is 4.56. The summed E-state index contributed by atoms with van der Waals surface area (Å²) in [7, 11) is 6.37. The van der Waals surface area contributed by atoms with E-state index in [0.717, 1.165) is 6.54 Å². The van der Waals surface area contributed by atoms with Crippen molar-refractivity contribution in [1.29, 1.82) is 0 Å². The molecule has 3 aromatic rings. The van der Waals surface area contributed by atoms with Crippen molar-refractivity contribution in [2.45, 2.75) is 6.54 Å². The Hall–Kier alpha value is -2.45. The van der Waals surface area contributed by atoms with Gasteiger partial charge in [-0.15, -0.1) is 0 Å². The highest BCUT2D eigenvalue weighted by molar-refractivity contribution is 6.21.